The van der Waals surface area contributed by atoms with Gasteiger partial charge in [0.05, 0.1) is 0 Å². The van der Waals surface area contributed by atoms with Crippen LogP contribution in [0.4, 0.5) is 0 Å². The van der Waals surface area contributed by atoms with E-state index < -0.39 is 8.53 Å². The fraction of sp³-hybridized carbons (Fsp3) is 0. The minimum atomic E-state index is -2.12. The van der Waals surface area contributed by atoms with E-state index in [9.17, 15) is 0 Å². The highest BCUT2D eigenvalue weighted by atomic mass is 31.2. The van der Waals surface area contributed by atoms with Gasteiger partial charge in [0.2, 0.25) is 8.53 Å². The normalized spacial score (nSPS) is 7.20. The molecule has 0 atom stereocenters. The highest BCUT2D eigenvalue weighted by Crippen LogP contribution is 2.05. The molecular weight excluding hydrogens is 91.0 g/mol. The van der Waals surface area contributed by atoms with Crippen LogP contribution in [0.1, 0.15) is 0 Å². The Morgan fingerprint density at radius 2 is 1.40 bits per heavy atom. The maximum atomic E-state index is 7.45. The SMILES string of the molecule is N.NP(O)O. The maximum Gasteiger partial charge on any atom is 0.247 e. The third-order valence-electron chi connectivity index (χ3n) is 0. The lowest BCUT2D eigenvalue weighted by atomic mass is 13.9. The summed E-state index contributed by atoms with van der Waals surface area (Å²) in [5.41, 5.74) is 4.29. The first-order valence-electron chi connectivity index (χ1n) is 0.658. The second-order valence-corrected chi connectivity index (χ2v) is 0.961. The Labute approximate surface area is 31.2 Å². The number of hydrogen-bond acceptors (Lipinski definition) is 4. The van der Waals surface area contributed by atoms with Crippen molar-refractivity contribution < 1.29 is 9.79 Å². The molecule has 0 aliphatic carbocycles. The molecule has 0 saturated carbocycles. The average Bonchev–Trinajstić information content (AvgIpc) is 0.811. The Morgan fingerprint density at radius 3 is 1.40 bits per heavy atom. The Bertz CT molecular complexity index is 12.4. The van der Waals surface area contributed by atoms with Crippen molar-refractivity contribution >= 4 is 8.53 Å². The first-order valence-corrected chi connectivity index (χ1v) is 1.97. The molecule has 5 heteroatoms. The molecule has 0 aromatic carbocycles. The van der Waals surface area contributed by atoms with Crippen LogP contribution in [-0.2, 0) is 0 Å². The monoisotopic (exact) mass is 98.0 g/mol. The van der Waals surface area contributed by atoms with E-state index in [2.05, 4.69) is 5.50 Å². The lowest BCUT2D eigenvalue weighted by Crippen LogP contribution is -1.78. The van der Waals surface area contributed by atoms with Gasteiger partial charge in [0.15, 0.2) is 0 Å². The van der Waals surface area contributed by atoms with Crippen molar-refractivity contribution in [1.29, 1.82) is 0 Å². The predicted octanol–water partition coefficient (Wildman–Crippen LogP) is -0.681. The Balaban J connectivity index is 0. The van der Waals surface area contributed by atoms with E-state index in [-0.39, 0.29) is 6.15 Å². The summed E-state index contributed by atoms with van der Waals surface area (Å²) >= 11 is 0. The molecule has 0 fully saturated rings. The van der Waals surface area contributed by atoms with Crippen molar-refractivity contribution in [3.05, 3.63) is 0 Å². The topological polar surface area (TPSA) is 101 Å². The zero-order valence-corrected chi connectivity index (χ0v) is 3.52. The predicted molar refractivity (Wildman–Crippen MR) is 20.6 cm³/mol. The van der Waals surface area contributed by atoms with Crippen LogP contribution in [0.15, 0.2) is 0 Å². The molecule has 0 spiro atoms. The highest BCUT2D eigenvalue weighted by molar-refractivity contribution is 7.42. The molecule has 0 aliphatic heterocycles. The van der Waals surface area contributed by atoms with Gasteiger partial charge in [0.25, 0.3) is 0 Å². The zero-order valence-electron chi connectivity index (χ0n) is 2.63. The van der Waals surface area contributed by atoms with E-state index in [4.69, 9.17) is 9.79 Å². The second-order valence-electron chi connectivity index (χ2n) is 0.320. The summed E-state index contributed by atoms with van der Waals surface area (Å²) in [6.07, 6.45) is 0. The standard InChI is InChI=1S/H4NO2P.H3N/c1-4(2)3;/h2-3H,1H2;1H3. The van der Waals surface area contributed by atoms with Crippen molar-refractivity contribution in [2.45, 2.75) is 0 Å². The smallest absolute Gasteiger partial charge is 0.247 e. The first kappa shape index (κ1) is 8.99. The van der Waals surface area contributed by atoms with Gasteiger partial charge in [-0.05, 0) is 0 Å². The quantitative estimate of drug-likeness (QED) is 0.301. The second kappa shape index (κ2) is 4.27. The van der Waals surface area contributed by atoms with Crippen LogP contribution in [0.25, 0.3) is 0 Å². The first-order chi connectivity index (χ1) is 1.73. The van der Waals surface area contributed by atoms with Crippen LogP contribution >= 0.6 is 8.53 Å². The van der Waals surface area contributed by atoms with Crippen LogP contribution < -0.4 is 11.7 Å². The van der Waals surface area contributed by atoms with Gasteiger partial charge in [-0.1, -0.05) is 0 Å². The zero-order chi connectivity index (χ0) is 3.58. The molecule has 0 aliphatic rings. The molecule has 0 radical (unpaired) electrons. The van der Waals surface area contributed by atoms with Gasteiger partial charge in [-0.2, -0.15) is 0 Å². The molecule has 5 heavy (non-hydrogen) atoms. The fourth-order valence-electron chi connectivity index (χ4n) is 0. The minimum Gasteiger partial charge on any atom is -0.344 e. The Kier molecular flexibility index (Phi) is 7.67. The molecule has 0 amide bonds. The molecular formula is H7N2O2P. The van der Waals surface area contributed by atoms with Gasteiger partial charge >= 0.3 is 0 Å². The lowest BCUT2D eigenvalue weighted by Gasteiger charge is -1.79. The maximum absolute atomic E-state index is 7.45. The van der Waals surface area contributed by atoms with Gasteiger partial charge in [-0.15, -0.1) is 0 Å². The van der Waals surface area contributed by atoms with E-state index in [1.165, 1.54) is 0 Å². The molecule has 0 bridgehead atoms. The summed E-state index contributed by atoms with van der Waals surface area (Å²) in [6.45, 7) is 0. The van der Waals surface area contributed by atoms with E-state index in [0.717, 1.165) is 0 Å². The largest absolute Gasteiger partial charge is 0.344 e. The average molecular weight is 98.0 g/mol. The summed E-state index contributed by atoms with van der Waals surface area (Å²) in [5, 5.41) is 0. The summed E-state index contributed by atoms with van der Waals surface area (Å²) in [4.78, 5) is 14.9. The number of nitrogens with two attached hydrogens (primary N) is 1. The molecule has 4 nitrogen and oxygen atoms in total. The van der Waals surface area contributed by atoms with Gasteiger partial charge < -0.3 is 15.9 Å². The van der Waals surface area contributed by atoms with Crippen LogP contribution in [-0.4, -0.2) is 9.79 Å². The van der Waals surface area contributed by atoms with Crippen LogP contribution in [0.5, 0.6) is 0 Å². The summed E-state index contributed by atoms with van der Waals surface area (Å²) < 4.78 is 0. The molecule has 0 heterocycles. The lowest BCUT2D eigenvalue weighted by molar-refractivity contribution is 0.485. The van der Waals surface area contributed by atoms with Crippen LogP contribution in [0, 0.1) is 0 Å². The van der Waals surface area contributed by atoms with Crippen molar-refractivity contribution in [2.75, 3.05) is 0 Å². The van der Waals surface area contributed by atoms with Crippen molar-refractivity contribution in [1.82, 2.24) is 6.15 Å². The highest BCUT2D eigenvalue weighted by Gasteiger charge is 1.72. The van der Waals surface area contributed by atoms with Crippen molar-refractivity contribution in [3.63, 3.8) is 0 Å². The molecule has 0 aromatic rings. The van der Waals surface area contributed by atoms with Gasteiger partial charge in [0, 0.05) is 0 Å². The Hall–Kier alpha value is 0.270. The van der Waals surface area contributed by atoms with Crippen molar-refractivity contribution in [2.24, 2.45) is 5.50 Å². The van der Waals surface area contributed by atoms with E-state index in [1.54, 1.807) is 0 Å². The van der Waals surface area contributed by atoms with Gasteiger partial charge in [-0.25, -0.2) is 0 Å². The third kappa shape index (κ3) is 302. The van der Waals surface area contributed by atoms with E-state index >= 15 is 0 Å². The molecule has 0 saturated heterocycles. The number of hydrogen-bond donors (Lipinski definition) is 4. The summed E-state index contributed by atoms with van der Waals surface area (Å²) in [5.74, 6) is 0. The van der Waals surface area contributed by atoms with E-state index in [0.29, 0.717) is 0 Å². The van der Waals surface area contributed by atoms with Crippen LogP contribution in [0.2, 0.25) is 0 Å². The summed E-state index contributed by atoms with van der Waals surface area (Å²) in [7, 11) is -2.12. The van der Waals surface area contributed by atoms with Crippen LogP contribution in [0.3, 0.4) is 0 Å². The summed E-state index contributed by atoms with van der Waals surface area (Å²) in [6, 6.07) is 0. The third-order valence-corrected chi connectivity index (χ3v) is 0. The van der Waals surface area contributed by atoms with Gasteiger partial charge in [-0.3, -0.25) is 5.50 Å². The molecule has 7 N–H and O–H groups in total. The van der Waals surface area contributed by atoms with Crippen molar-refractivity contribution in [3.8, 4) is 0 Å². The number of rotatable bonds is 0. The molecule has 0 unspecified atom stereocenters. The van der Waals surface area contributed by atoms with E-state index in [1.807, 2.05) is 0 Å². The molecule has 34 valence electrons. The molecule has 0 rings (SSSR count). The minimum absolute atomic E-state index is 0. The molecule has 0 aromatic heterocycles. The fourth-order valence-corrected chi connectivity index (χ4v) is 0. The van der Waals surface area contributed by atoms with Gasteiger partial charge in [0.1, 0.15) is 0 Å². The Morgan fingerprint density at radius 1 is 1.40 bits per heavy atom.